The topological polar surface area (TPSA) is 113 Å². The van der Waals surface area contributed by atoms with E-state index in [0.717, 1.165) is 43.7 Å². The van der Waals surface area contributed by atoms with E-state index in [0.29, 0.717) is 48.9 Å². The van der Waals surface area contributed by atoms with Gasteiger partial charge in [0.05, 0.1) is 19.7 Å². The maximum atomic E-state index is 13.5. The SMILES string of the molecule is COc1cc2ccc1CNC(=O)COc1cc(ccc1C)C(=O)N[C@H]1CN(C(=O)CN3CCCN(C)CC3)CC[C@H]1O2. The molecule has 2 aromatic rings. The molecule has 11 heteroatoms. The molecule has 4 heterocycles. The predicted octanol–water partition coefficient (Wildman–Crippen LogP) is 1.43. The predicted molar refractivity (Wildman–Crippen MR) is 157 cm³/mol. The quantitative estimate of drug-likeness (QED) is 0.562. The molecule has 0 unspecified atom stereocenters. The highest BCUT2D eigenvalue weighted by atomic mass is 16.5. The number of fused-ring (bicyclic) bond motifs is 7. The Hall–Kier alpha value is -3.83. The zero-order valence-corrected chi connectivity index (χ0v) is 24.7. The molecule has 0 aromatic heterocycles. The molecule has 2 fully saturated rings. The van der Waals surface area contributed by atoms with Crippen LogP contribution in [0, 0.1) is 6.92 Å². The van der Waals surface area contributed by atoms with Crippen LogP contribution in [0.4, 0.5) is 0 Å². The molecule has 42 heavy (non-hydrogen) atoms. The lowest BCUT2D eigenvalue weighted by Gasteiger charge is -2.39. The fraction of sp³-hybridized carbons (Fsp3) is 0.516. The first-order valence-corrected chi connectivity index (χ1v) is 14.6. The Balaban J connectivity index is 1.39. The monoisotopic (exact) mass is 579 g/mol. The number of likely N-dealkylation sites (N-methyl/N-ethyl adjacent to an activating group) is 1. The Morgan fingerprint density at radius 2 is 1.93 bits per heavy atom. The summed E-state index contributed by atoms with van der Waals surface area (Å²) in [6.07, 6.45) is 1.23. The van der Waals surface area contributed by atoms with E-state index < -0.39 is 6.04 Å². The van der Waals surface area contributed by atoms with Gasteiger partial charge in [-0.2, -0.15) is 0 Å². The van der Waals surface area contributed by atoms with Gasteiger partial charge in [0.2, 0.25) is 5.91 Å². The summed E-state index contributed by atoms with van der Waals surface area (Å²) in [6.45, 7) is 6.91. The highest BCUT2D eigenvalue weighted by Crippen LogP contribution is 2.28. The van der Waals surface area contributed by atoms with Crippen LogP contribution in [-0.4, -0.2) is 111 Å². The zero-order chi connectivity index (χ0) is 29.6. The van der Waals surface area contributed by atoms with Crippen LogP contribution in [0.2, 0.25) is 0 Å². The fourth-order valence-electron chi connectivity index (χ4n) is 5.64. The molecule has 6 rings (SSSR count). The highest BCUT2D eigenvalue weighted by molar-refractivity contribution is 5.95. The molecule has 3 amide bonds. The van der Waals surface area contributed by atoms with E-state index in [-0.39, 0.29) is 37.0 Å². The molecule has 2 atom stereocenters. The summed E-state index contributed by atoms with van der Waals surface area (Å²) in [5.74, 6) is 1.09. The Kier molecular flexibility index (Phi) is 9.48. The van der Waals surface area contributed by atoms with Crippen molar-refractivity contribution >= 4 is 17.7 Å². The van der Waals surface area contributed by atoms with E-state index in [9.17, 15) is 14.4 Å². The highest BCUT2D eigenvalue weighted by Gasteiger charge is 2.35. The number of aryl methyl sites for hydroxylation is 1. The number of nitrogens with one attached hydrogen (secondary N) is 2. The van der Waals surface area contributed by atoms with E-state index in [4.69, 9.17) is 14.2 Å². The number of hydrogen-bond donors (Lipinski definition) is 2. The molecule has 2 saturated heterocycles. The van der Waals surface area contributed by atoms with Crippen molar-refractivity contribution in [3.8, 4) is 17.2 Å². The lowest BCUT2D eigenvalue weighted by molar-refractivity contribution is -0.135. The van der Waals surface area contributed by atoms with Crippen LogP contribution >= 0.6 is 0 Å². The van der Waals surface area contributed by atoms with Gasteiger partial charge in [0.25, 0.3) is 11.8 Å². The first-order valence-electron chi connectivity index (χ1n) is 14.6. The average molecular weight is 580 g/mol. The van der Waals surface area contributed by atoms with Gasteiger partial charge in [0, 0.05) is 56.3 Å². The van der Waals surface area contributed by atoms with Gasteiger partial charge in [-0.1, -0.05) is 6.07 Å². The smallest absolute Gasteiger partial charge is 0.258 e. The molecule has 4 bridgehead atoms. The van der Waals surface area contributed by atoms with Gasteiger partial charge < -0.3 is 34.6 Å². The molecule has 0 spiro atoms. The van der Waals surface area contributed by atoms with E-state index >= 15 is 0 Å². The summed E-state index contributed by atoms with van der Waals surface area (Å²) >= 11 is 0. The van der Waals surface area contributed by atoms with Gasteiger partial charge in [0.15, 0.2) is 6.61 Å². The van der Waals surface area contributed by atoms with E-state index in [1.807, 2.05) is 24.0 Å². The zero-order valence-electron chi connectivity index (χ0n) is 24.7. The number of hydrogen-bond acceptors (Lipinski definition) is 8. The van der Waals surface area contributed by atoms with E-state index in [2.05, 4.69) is 27.5 Å². The minimum absolute atomic E-state index is 0.0601. The van der Waals surface area contributed by atoms with Crippen LogP contribution in [0.1, 0.15) is 34.3 Å². The molecule has 2 aromatic carbocycles. The van der Waals surface area contributed by atoms with Gasteiger partial charge in [-0.25, -0.2) is 0 Å². The molecule has 4 aliphatic rings. The summed E-state index contributed by atoms with van der Waals surface area (Å²) in [7, 11) is 3.68. The number of likely N-dealkylation sites (tertiary alicyclic amines) is 1. The minimum atomic E-state index is -0.444. The van der Waals surface area contributed by atoms with Crippen LogP contribution in [0.3, 0.4) is 0 Å². The van der Waals surface area contributed by atoms with Gasteiger partial charge in [-0.3, -0.25) is 19.3 Å². The van der Waals surface area contributed by atoms with Crippen molar-refractivity contribution in [3.63, 3.8) is 0 Å². The van der Waals surface area contributed by atoms with Crippen LogP contribution < -0.4 is 24.8 Å². The summed E-state index contributed by atoms with van der Waals surface area (Å²) in [5, 5.41) is 5.98. The molecule has 11 nitrogen and oxygen atoms in total. The van der Waals surface area contributed by atoms with Gasteiger partial charge >= 0.3 is 0 Å². The van der Waals surface area contributed by atoms with Crippen LogP contribution in [0.5, 0.6) is 17.2 Å². The first-order chi connectivity index (χ1) is 20.3. The Bertz CT molecular complexity index is 1300. The maximum Gasteiger partial charge on any atom is 0.258 e. The molecule has 2 N–H and O–H groups in total. The van der Waals surface area contributed by atoms with Gasteiger partial charge in [-0.05, 0) is 63.3 Å². The second kappa shape index (κ2) is 13.4. The first kappa shape index (κ1) is 29.7. The maximum absolute atomic E-state index is 13.5. The second-order valence-electron chi connectivity index (χ2n) is 11.3. The molecule has 226 valence electrons. The molecule has 0 aliphatic carbocycles. The lowest BCUT2D eigenvalue weighted by atomic mass is 10.0. The van der Waals surface area contributed by atoms with Crippen LogP contribution in [0.15, 0.2) is 36.4 Å². The Morgan fingerprint density at radius 3 is 2.76 bits per heavy atom. The van der Waals surface area contributed by atoms with Crippen molar-refractivity contribution in [2.45, 2.75) is 38.5 Å². The molecule has 0 radical (unpaired) electrons. The van der Waals surface area contributed by atoms with Crippen molar-refractivity contribution < 1.29 is 28.6 Å². The minimum Gasteiger partial charge on any atom is -0.496 e. The van der Waals surface area contributed by atoms with Crippen LogP contribution in [0.25, 0.3) is 0 Å². The number of piperidine rings is 1. The molecule has 4 aliphatic heterocycles. The number of carbonyl (C=O) groups is 3. The van der Waals surface area contributed by atoms with Crippen molar-refractivity contribution in [3.05, 3.63) is 53.1 Å². The third-order valence-electron chi connectivity index (χ3n) is 8.22. The number of carbonyl (C=O) groups excluding carboxylic acids is 3. The lowest BCUT2D eigenvalue weighted by Crippen LogP contribution is -2.59. The van der Waals surface area contributed by atoms with E-state index in [1.165, 1.54) is 0 Å². The summed E-state index contributed by atoms with van der Waals surface area (Å²) in [4.78, 5) is 45.8. The largest absolute Gasteiger partial charge is 0.496 e. The fourth-order valence-corrected chi connectivity index (χ4v) is 5.64. The Labute approximate surface area is 247 Å². The molecular formula is C31H41N5O6. The third-order valence-corrected chi connectivity index (χ3v) is 8.22. The standard InChI is InChI=1S/C31H41N5O6/c1-21-5-6-22-15-27(21)41-20-29(37)32-17-23-7-8-24(16-28(23)40-3)42-26-9-12-36(18-25(26)33-31(22)39)30(38)19-35-11-4-10-34(2)13-14-35/h5-8,15-16,25-26H,4,9-14,17-20H2,1-3H3,(H,32,37)(H,33,39)/t25-,26+/m0/s1. The Morgan fingerprint density at radius 1 is 1.07 bits per heavy atom. The molecular weight excluding hydrogens is 538 g/mol. The summed E-state index contributed by atoms with van der Waals surface area (Å²) < 4.78 is 17.8. The number of methoxy groups -OCH3 is 1. The second-order valence-corrected chi connectivity index (χ2v) is 11.3. The summed E-state index contributed by atoms with van der Waals surface area (Å²) in [6, 6.07) is 10.2. The number of amides is 3. The van der Waals surface area contributed by atoms with Gasteiger partial charge in [-0.15, -0.1) is 0 Å². The van der Waals surface area contributed by atoms with Crippen molar-refractivity contribution in [1.29, 1.82) is 0 Å². The summed E-state index contributed by atoms with van der Waals surface area (Å²) in [5.41, 5.74) is 2.01. The third kappa shape index (κ3) is 7.32. The molecule has 0 saturated carbocycles. The van der Waals surface area contributed by atoms with Crippen molar-refractivity contribution in [1.82, 2.24) is 25.3 Å². The average Bonchev–Trinajstić information content (AvgIpc) is 3.19. The number of nitrogens with zero attached hydrogens (tertiary/aromatic N) is 3. The normalized spacial score (nSPS) is 22.5. The van der Waals surface area contributed by atoms with E-state index in [1.54, 1.807) is 31.4 Å². The number of rotatable bonds is 3. The number of ether oxygens (including phenoxy) is 3. The van der Waals surface area contributed by atoms with Crippen molar-refractivity contribution in [2.24, 2.45) is 0 Å². The number of benzene rings is 2. The van der Waals surface area contributed by atoms with Gasteiger partial charge in [0.1, 0.15) is 23.4 Å². The van der Waals surface area contributed by atoms with Crippen LogP contribution in [-0.2, 0) is 16.1 Å². The van der Waals surface area contributed by atoms with Crippen molar-refractivity contribution in [2.75, 3.05) is 66.6 Å².